The number of ether oxygens (including phenoxy) is 1. The predicted octanol–water partition coefficient (Wildman–Crippen LogP) is 1.17. The van der Waals surface area contributed by atoms with Gasteiger partial charge in [-0.2, -0.15) is 0 Å². The van der Waals surface area contributed by atoms with Crippen LogP contribution in [-0.4, -0.2) is 18.4 Å². The second kappa shape index (κ2) is 3.69. The second-order valence-electron chi connectivity index (χ2n) is 2.78. The molecular formula is C8H12O4. The first-order valence-electron chi connectivity index (χ1n) is 3.82. The molecule has 0 spiro atoms. The quantitative estimate of drug-likeness (QED) is 0.364. The molecule has 0 saturated carbocycles. The normalized spacial score (nSPS) is 28.4. The van der Waals surface area contributed by atoms with Crippen molar-refractivity contribution in [1.29, 1.82) is 0 Å². The molecule has 1 unspecified atom stereocenters. The molecule has 1 aliphatic heterocycles. The van der Waals surface area contributed by atoms with Crippen LogP contribution in [0.1, 0.15) is 19.8 Å². The lowest BCUT2D eigenvalue weighted by Gasteiger charge is -2.19. The number of hydrogen-bond donors (Lipinski definition) is 0. The minimum absolute atomic E-state index is 0.605. The van der Waals surface area contributed by atoms with Crippen LogP contribution in [0.25, 0.3) is 0 Å². The van der Waals surface area contributed by atoms with E-state index in [1.165, 1.54) is 0 Å². The highest BCUT2D eigenvalue weighted by Gasteiger charge is 2.33. The Balaban J connectivity index is 2.30. The number of hydrogen-bond acceptors (Lipinski definition) is 4. The summed E-state index contributed by atoms with van der Waals surface area (Å²) >= 11 is 0. The van der Waals surface area contributed by atoms with E-state index in [0.29, 0.717) is 6.61 Å². The van der Waals surface area contributed by atoms with Gasteiger partial charge in [0.25, 0.3) is 0 Å². The zero-order valence-corrected chi connectivity index (χ0v) is 7.04. The van der Waals surface area contributed by atoms with Crippen LogP contribution in [0.5, 0.6) is 0 Å². The van der Waals surface area contributed by atoms with Gasteiger partial charge < -0.3 is 4.74 Å². The van der Waals surface area contributed by atoms with E-state index >= 15 is 0 Å². The summed E-state index contributed by atoms with van der Waals surface area (Å²) in [5, 5.41) is 0. The average molecular weight is 172 g/mol. The molecule has 0 aromatic carbocycles. The third kappa shape index (κ3) is 2.32. The van der Waals surface area contributed by atoms with Crippen molar-refractivity contribution in [1.82, 2.24) is 0 Å². The SMILES string of the molecule is C=CC(=O)OOC1(C)CCCO1. The van der Waals surface area contributed by atoms with Crippen molar-refractivity contribution in [2.75, 3.05) is 6.61 Å². The van der Waals surface area contributed by atoms with Crippen molar-refractivity contribution in [3.8, 4) is 0 Å². The van der Waals surface area contributed by atoms with Crippen LogP contribution < -0.4 is 0 Å². The molecule has 4 heteroatoms. The lowest BCUT2D eigenvalue weighted by atomic mass is 10.2. The van der Waals surface area contributed by atoms with Gasteiger partial charge in [0.15, 0.2) is 0 Å². The van der Waals surface area contributed by atoms with E-state index in [1.54, 1.807) is 6.92 Å². The summed E-state index contributed by atoms with van der Waals surface area (Å²) < 4.78 is 5.20. The number of rotatable bonds is 3. The average Bonchev–Trinajstić information content (AvgIpc) is 2.49. The Kier molecular flexibility index (Phi) is 2.83. The maximum absolute atomic E-state index is 10.6. The first-order chi connectivity index (χ1) is 5.66. The highest BCUT2D eigenvalue weighted by molar-refractivity contribution is 5.80. The van der Waals surface area contributed by atoms with Gasteiger partial charge in [0, 0.05) is 12.5 Å². The second-order valence-corrected chi connectivity index (χ2v) is 2.78. The summed E-state index contributed by atoms with van der Waals surface area (Å²) in [6.45, 7) is 5.61. The Morgan fingerprint density at radius 2 is 2.50 bits per heavy atom. The fourth-order valence-corrected chi connectivity index (χ4v) is 0.982. The summed E-state index contributed by atoms with van der Waals surface area (Å²) in [7, 11) is 0. The van der Waals surface area contributed by atoms with Crippen LogP contribution in [0.4, 0.5) is 0 Å². The van der Waals surface area contributed by atoms with Crippen LogP contribution in [0, 0.1) is 0 Å². The Morgan fingerprint density at radius 3 is 3.00 bits per heavy atom. The molecule has 1 rings (SSSR count). The lowest BCUT2D eigenvalue weighted by Crippen LogP contribution is -2.28. The van der Waals surface area contributed by atoms with Crippen molar-refractivity contribution >= 4 is 5.97 Å². The monoisotopic (exact) mass is 172 g/mol. The summed E-state index contributed by atoms with van der Waals surface area (Å²) in [5.41, 5.74) is 0. The van der Waals surface area contributed by atoms with Gasteiger partial charge in [-0.3, -0.25) is 4.89 Å². The molecule has 1 saturated heterocycles. The highest BCUT2D eigenvalue weighted by atomic mass is 17.2. The van der Waals surface area contributed by atoms with Crippen LogP contribution >= 0.6 is 0 Å². The van der Waals surface area contributed by atoms with Gasteiger partial charge in [0.1, 0.15) is 0 Å². The zero-order chi connectivity index (χ0) is 9.03. The van der Waals surface area contributed by atoms with Crippen molar-refractivity contribution in [2.45, 2.75) is 25.6 Å². The molecule has 12 heavy (non-hydrogen) atoms. The third-order valence-electron chi connectivity index (χ3n) is 1.65. The molecule has 0 aliphatic carbocycles. The Hall–Kier alpha value is -0.870. The summed E-state index contributed by atoms with van der Waals surface area (Å²) in [4.78, 5) is 19.8. The molecule has 4 nitrogen and oxygen atoms in total. The zero-order valence-electron chi connectivity index (χ0n) is 7.04. The molecule has 0 aromatic heterocycles. The topological polar surface area (TPSA) is 44.8 Å². The molecule has 1 fully saturated rings. The summed E-state index contributed by atoms with van der Waals surface area (Å²) in [6.07, 6.45) is 2.69. The Morgan fingerprint density at radius 1 is 1.75 bits per heavy atom. The third-order valence-corrected chi connectivity index (χ3v) is 1.65. The molecule has 0 aromatic rings. The standard InChI is InChI=1S/C8H12O4/c1-3-7(9)11-12-8(2)5-4-6-10-8/h3H,1,4-6H2,2H3. The molecule has 0 bridgehead atoms. The molecule has 1 heterocycles. The maximum atomic E-state index is 10.6. The first-order valence-corrected chi connectivity index (χ1v) is 3.82. The van der Waals surface area contributed by atoms with Crippen molar-refractivity contribution in [3.05, 3.63) is 12.7 Å². The smallest absolute Gasteiger partial charge is 0.347 e. The van der Waals surface area contributed by atoms with E-state index in [2.05, 4.69) is 11.5 Å². The van der Waals surface area contributed by atoms with E-state index in [1.807, 2.05) is 0 Å². The largest absolute Gasteiger partial charge is 0.365 e. The number of carbonyl (C=O) groups excluding carboxylic acids is 1. The predicted molar refractivity (Wildman–Crippen MR) is 41.0 cm³/mol. The fourth-order valence-electron chi connectivity index (χ4n) is 0.982. The Labute approximate surface area is 71.0 Å². The van der Waals surface area contributed by atoms with E-state index in [4.69, 9.17) is 9.62 Å². The van der Waals surface area contributed by atoms with Gasteiger partial charge in [-0.25, -0.2) is 4.79 Å². The van der Waals surface area contributed by atoms with Crippen LogP contribution in [0.15, 0.2) is 12.7 Å². The highest BCUT2D eigenvalue weighted by Crippen LogP contribution is 2.26. The van der Waals surface area contributed by atoms with Gasteiger partial charge in [0.2, 0.25) is 5.79 Å². The van der Waals surface area contributed by atoms with Gasteiger partial charge >= 0.3 is 5.97 Å². The van der Waals surface area contributed by atoms with E-state index in [0.717, 1.165) is 18.9 Å². The fraction of sp³-hybridized carbons (Fsp3) is 0.625. The van der Waals surface area contributed by atoms with Gasteiger partial charge in [0.05, 0.1) is 6.61 Å². The maximum Gasteiger partial charge on any atom is 0.365 e. The van der Waals surface area contributed by atoms with E-state index in [9.17, 15) is 4.79 Å². The lowest BCUT2D eigenvalue weighted by molar-refractivity contribution is -0.385. The van der Waals surface area contributed by atoms with Crippen LogP contribution in [0.2, 0.25) is 0 Å². The van der Waals surface area contributed by atoms with E-state index in [-0.39, 0.29) is 0 Å². The molecule has 0 amide bonds. The molecule has 1 atom stereocenters. The molecular weight excluding hydrogens is 160 g/mol. The summed E-state index contributed by atoms with van der Waals surface area (Å²) in [5.74, 6) is -1.37. The molecule has 1 aliphatic rings. The van der Waals surface area contributed by atoms with Crippen molar-refractivity contribution < 1.29 is 19.3 Å². The molecule has 0 N–H and O–H groups in total. The summed E-state index contributed by atoms with van der Waals surface area (Å²) in [6, 6.07) is 0. The first kappa shape index (κ1) is 9.22. The van der Waals surface area contributed by atoms with Crippen LogP contribution in [0.3, 0.4) is 0 Å². The van der Waals surface area contributed by atoms with Gasteiger partial charge in [-0.05, 0) is 13.3 Å². The van der Waals surface area contributed by atoms with Gasteiger partial charge in [-0.1, -0.05) is 6.58 Å². The van der Waals surface area contributed by atoms with E-state index < -0.39 is 11.8 Å². The van der Waals surface area contributed by atoms with Gasteiger partial charge in [-0.15, -0.1) is 4.89 Å². The number of carbonyl (C=O) groups is 1. The van der Waals surface area contributed by atoms with Crippen LogP contribution in [-0.2, 0) is 19.3 Å². The minimum Gasteiger partial charge on any atom is -0.347 e. The van der Waals surface area contributed by atoms with Crippen molar-refractivity contribution in [3.63, 3.8) is 0 Å². The molecule has 0 radical (unpaired) electrons. The minimum atomic E-state index is -0.765. The Bertz CT molecular complexity index is 181. The van der Waals surface area contributed by atoms with Crippen molar-refractivity contribution in [2.24, 2.45) is 0 Å². The molecule has 68 valence electrons.